The van der Waals surface area contributed by atoms with E-state index in [4.69, 9.17) is 14.7 Å². The Bertz CT molecular complexity index is 212. The normalized spacial score (nSPS) is 11.8. The van der Waals surface area contributed by atoms with Gasteiger partial charge in [0.1, 0.15) is 0 Å². The molecule has 0 saturated carbocycles. The van der Waals surface area contributed by atoms with Crippen molar-refractivity contribution in [1.82, 2.24) is 4.90 Å². The first-order chi connectivity index (χ1) is 7.55. The monoisotopic (exact) mass is 228 g/mol. The lowest BCUT2D eigenvalue weighted by Crippen LogP contribution is -2.34. The lowest BCUT2D eigenvalue weighted by Gasteiger charge is -2.27. The van der Waals surface area contributed by atoms with E-state index in [0.717, 1.165) is 26.1 Å². The van der Waals surface area contributed by atoms with Crippen molar-refractivity contribution < 1.29 is 9.47 Å². The molecule has 0 N–H and O–H groups in total. The molecule has 0 aromatic heterocycles. The van der Waals surface area contributed by atoms with Gasteiger partial charge in [0.15, 0.2) is 0 Å². The Kier molecular flexibility index (Phi) is 8.18. The standard InChI is InChI=1S/C12H24N2O2/c1-12(2,16-4)6-9-14(8-5-7-13)10-11-15-3/h5-6,8-11H2,1-4H3. The van der Waals surface area contributed by atoms with E-state index in [1.54, 1.807) is 14.2 Å². The van der Waals surface area contributed by atoms with Crippen LogP contribution in [-0.2, 0) is 9.47 Å². The van der Waals surface area contributed by atoms with Crippen LogP contribution in [-0.4, -0.2) is 51.0 Å². The molecule has 4 heteroatoms. The van der Waals surface area contributed by atoms with Crippen molar-refractivity contribution in [3.8, 4) is 6.07 Å². The average molecular weight is 228 g/mol. The molecule has 0 aromatic carbocycles. The number of nitriles is 1. The third-order valence-electron chi connectivity index (χ3n) is 2.73. The molecule has 0 atom stereocenters. The van der Waals surface area contributed by atoms with Crippen molar-refractivity contribution in [1.29, 1.82) is 5.26 Å². The number of hydrogen-bond acceptors (Lipinski definition) is 4. The average Bonchev–Trinajstić information content (AvgIpc) is 2.28. The van der Waals surface area contributed by atoms with Gasteiger partial charge in [-0.2, -0.15) is 5.26 Å². The SMILES string of the molecule is COCCN(CCC#N)CCC(C)(C)OC. The molecule has 0 spiro atoms. The molecule has 0 radical (unpaired) electrons. The van der Waals surface area contributed by atoms with Gasteiger partial charge in [0.2, 0.25) is 0 Å². The maximum Gasteiger partial charge on any atom is 0.0635 e. The lowest BCUT2D eigenvalue weighted by atomic mass is 10.1. The van der Waals surface area contributed by atoms with Crippen molar-refractivity contribution >= 4 is 0 Å². The molecule has 0 fully saturated rings. The smallest absolute Gasteiger partial charge is 0.0635 e. The molecular weight excluding hydrogens is 204 g/mol. The fourth-order valence-corrected chi connectivity index (χ4v) is 1.29. The van der Waals surface area contributed by atoms with Gasteiger partial charge in [-0.05, 0) is 20.3 Å². The summed E-state index contributed by atoms with van der Waals surface area (Å²) in [7, 11) is 3.43. The van der Waals surface area contributed by atoms with Crippen LogP contribution in [0.4, 0.5) is 0 Å². The van der Waals surface area contributed by atoms with Gasteiger partial charge in [0.05, 0.1) is 18.3 Å². The Balaban J connectivity index is 3.95. The predicted molar refractivity (Wildman–Crippen MR) is 64.3 cm³/mol. The molecule has 0 bridgehead atoms. The van der Waals surface area contributed by atoms with Crippen LogP contribution in [0.25, 0.3) is 0 Å². The summed E-state index contributed by atoms with van der Waals surface area (Å²) < 4.78 is 10.4. The summed E-state index contributed by atoms with van der Waals surface area (Å²) >= 11 is 0. The topological polar surface area (TPSA) is 45.5 Å². The summed E-state index contributed by atoms with van der Waals surface area (Å²) in [5, 5.41) is 8.58. The van der Waals surface area contributed by atoms with E-state index in [-0.39, 0.29) is 5.60 Å². The van der Waals surface area contributed by atoms with Crippen LogP contribution >= 0.6 is 0 Å². The van der Waals surface area contributed by atoms with Gasteiger partial charge in [-0.15, -0.1) is 0 Å². The summed E-state index contributed by atoms with van der Waals surface area (Å²) in [6, 6.07) is 2.17. The van der Waals surface area contributed by atoms with Crippen LogP contribution in [0.1, 0.15) is 26.7 Å². The Morgan fingerprint density at radius 3 is 2.38 bits per heavy atom. The minimum Gasteiger partial charge on any atom is -0.383 e. The van der Waals surface area contributed by atoms with Gasteiger partial charge < -0.3 is 9.47 Å². The largest absolute Gasteiger partial charge is 0.383 e. The van der Waals surface area contributed by atoms with E-state index in [1.807, 2.05) is 0 Å². The van der Waals surface area contributed by atoms with Gasteiger partial charge in [-0.1, -0.05) is 0 Å². The summed E-state index contributed by atoms with van der Waals surface area (Å²) in [6.45, 7) is 7.47. The van der Waals surface area contributed by atoms with Gasteiger partial charge in [-0.25, -0.2) is 0 Å². The summed E-state index contributed by atoms with van der Waals surface area (Å²) in [4.78, 5) is 2.24. The Hall–Kier alpha value is -0.630. The van der Waals surface area contributed by atoms with E-state index in [9.17, 15) is 0 Å². The lowest BCUT2D eigenvalue weighted by molar-refractivity contribution is 0.00591. The van der Waals surface area contributed by atoms with Crippen LogP contribution < -0.4 is 0 Å². The third kappa shape index (κ3) is 7.63. The third-order valence-corrected chi connectivity index (χ3v) is 2.73. The quantitative estimate of drug-likeness (QED) is 0.602. The van der Waals surface area contributed by atoms with E-state index >= 15 is 0 Å². The first kappa shape index (κ1) is 15.4. The minimum atomic E-state index is -0.0992. The van der Waals surface area contributed by atoms with Crippen LogP contribution in [0.15, 0.2) is 0 Å². The highest BCUT2D eigenvalue weighted by atomic mass is 16.5. The van der Waals surface area contributed by atoms with E-state index in [2.05, 4.69) is 24.8 Å². The van der Waals surface area contributed by atoms with E-state index in [0.29, 0.717) is 13.0 Å². The highest BCUT2D eigenvalue weighted by Gasteiger charge is 2.17. The molecule has 0 saturated heterocycles. The fourth-order valence-electron chi connectivity index (χ4n) is 1.29. The molecule has 0 rings (SSSR count). The first-order valence-electron chi connectivity index (χ1n) is 5.69. The molecular formula is C12H24N2O2. The maximum absolute atomic E-state index is 8.58. The summed E-state index contributed by atoms with van der Waals surface area (Å²) in [5.41, 5.74) is -0.0992. The molecule has 0 aliphatic heterocycles. The zero-order valence-corrected chi connectivity index (χ0v) is 11.0. The van der Waals surface area contributed by atoms with E-state index in [1.165, 1.54) is 0 Å². The van der Waals surface area contributed by atoms with Crippen LogP contribution in [0.2, 0.25) is 0 Å². The number of methoxy groups -OCH3 is 2. The zero-order valence-electron chi connectivity index (χ0n) is 11.0. The molecule has 0 unspecified atom stereocenters. The van der Waals surface area contributed by atoms with Gasteiger partial charge in [-0.3, -0.25) is 4.90 Å². The van der Waals surface area contributed by atoms with Crippen molar-refractivity contribution in [2.75, 3.05) is 40.5 Å². The summed E-state index contributed by atoms with van der Waals surface area (Å²) in [6.07, 6.45) is 1.52. The number of rotatable bonds is 9. The molecule has 0 amide bonds. The molecule has 0 aromatic rings. The molecule has 0 heterocycles. The van der Waals surface area contributed by atoms with Gasteiger partial charge in [0.25, 0.3) is 0 Å². The van der Waals surface area contributed by atoms with Crippen molar-refractivity contribution in [3.63, 3.8) is 0 Å². The molecule has 16 heavy (non-hydrogen) atoms. The fraction of sp³-hybridized carbons (Fsp3) is 0.917. The van der Waals surface area contributed by atoms with Crippen LogP contribution in [0.3, 0.4) is 0 Å². The Morgan fingerprint density at radius 1 is 1.19 bits per heavy atom. The van der Waals surface area contributed by atoms with Crippen molar-refractivity contribution in [2.45, 2.75) is 32.3 Å². The second kappa shape index (κ2) is 8.51. The number of ether oxygens (including phenoxy) is 2. The molecule has 94 valence electrons. The second-order valence-electron chi connectivity index (χ2n) is 4.46. The van der Waals surface area contributed by atoms with E-state index < -0.39 is 0 Å². The van der Waals surface area contributed by atoms with Gasteiger partial charge >= 0.3 is 0 Å². The minimum absolute atomic E-state index is 0.0992. The molecule has 0 aliphatic carbocycles. The number of hydrogen-bond donors (Lipinski definition) is 0. The molecule has 4 nitrogen and oxygen atoms in total. The molecule has 0 aliphatic rings. The highest BCUT2D eigenvalue weighted by molar-refractivity contribution is 4.75. The maximum atomic E-state index is 8.58. The Morgan fingerprint density at radius 2 is 1.88 bits per heavy atom. The van der Waals surface area contributed by atoms with Crippen LogP contribution in [0.5, 0.6) is 0 Å². The zero-order chi connectivity index (χ0) is 12.4. The highest BCUT2D eigenvalue weighted by Crippen LogP contribution is 2.13. The number of nitrogens with zero attached hydrogens (tertiary/aromatic N) is 2. The predicted octanol–water partition coefficient (Wildman–Crippen LogP) is 1.66. The first-order valence-corrected chi connectivity index (χ1v) is 5.69. The Labute approximate surface area is 99.1 Å². The van der Waals surface area contributed by atoms with Gasteiger partial charge in [0, 0.05) is 40.3 Å². The van der Waals surface area contributed by atoms with Crippen LogP contribution in [0, 0.1) is 11.3 Å². The summed E-state index contributed by atoms with van der Waals surface area (Å²) in [5.74, 6) is 0. The van der Waals surface area contributed by atoms with Crippen molar-refractivity contribution in [3.05, 3.63) is 0 Å². The van der Waals surface area contributed by atoms with Crippen molar-refractivity contribution in [2.24, 2.45) is 0 Å². The second-order valence-corrected chi connectivity index (χ2v) is 4.46.